The normalized spacial score (nSPS) is 20.9. The van der Waals surface area contributed by atoms with E-state index in [0.717, 1.165) is 5.56 Å². The van der Waals surface area contributed by atoms with Crippen LogP contribution >= 0.6 is 0 Å². The van der Waals surface area contributed by atoms with Gasteiger partial charge in [0.2, 0.25) is 18.2 Å². The van der Waals surface area contributed by atoms with E-state index in [-0.39, 0.29) is 36.1 Å². The number of rotatable bonds is 2. The summed E-state index contributed by atoms with van der Waals surface area (Å²) in [6.07, 6.45) is 0.766. The van der Waals surface area contributed by atoms with Crippen LogP contribution in [0.25, 0.3) is 0 Å². The Bertz CT molecular complexity index is 1100. The van der Waals surface area contributed by atoms with Gasteiger partial charge in [-0.15, -0.1) is 0 Å². The number of methoxy groups -OCH3 is 1. The number of hydrogen-bond acceptors (Lipinski definition) is 8. The van der Waals surface area contributed by atoms with Crippen molar-refractivity contribution in [3.8, 4) is 23.0 Å². The van der Waals surface area contributed by atoms with Gasteiger partial charge in [-0.25, -0.2) is 4.79 Å². The van der Waals surface area contributed by atoms with Crippen LogP contribution in [0.4, 0.5) is 0 Å². The molecule has 2 aromatic carbocycles. The molecule has 1 spiro atoms. The maximum atomic E-state index is 13.5. The van der Waals surface area contributed by atoms with E-state index in [1.807, 2.05) is 0 Å². The van der Waals surface area contributed by atoms with E-state index in [9.17, 15) is 14.4 Å². The van der Waals surface area contributed by atoms with E-state index in [2.05, 4.69) is 0 Å². The van der Waals surface area contributed by atoms with E-state index in [1.54, 1.807) is 24.3 Å². The van der Waals surface area contributed by atoms with Gasteiger partial charge in [-0.2, -0.15) is 0 Å². The quantitative estimate of drug-likeness (QED) is 0.564. The summed E-state index contributed by atoms with van der Waals surface area (Å²) in [5.74, 6) is -0.440. The maximum Gasteiger partial charge on any atom is 0.343 e. The number of benzene rings is 2. The van der Waals surface area contributed by atoms with Gasteiger partial charge in [0.1, 0.15) is 5.56 Å². The topological polar surface area (TPSA) is 97.4 Å². The van der Waals surface area contributed by atoms with Crippen LogP contribution in [0, 0.1) is 0 Å². The van der Waals surface area contributed by atoms with Crippen molar-refractivity contribution in [3.05, 3.63) is 46.5 Å². The number of esters is 2. The van der Waals surface area contributed by atoms with Crippen LogP contribution in [-0.4, -0.2) is 31.6 Å². The lowest BCUT2D eigenvalue weighted by atomic mass is 9.75. The highest BCUT2D eigenvalue weighted by molar-refractivity contribution is 6.12. The molecule has 0 fully saturated rings. The lowest BCUT2D eigenvalue weighted by Crippen LogP contribution is -2.40. The fourth-order valence-corrected chi connectivity index (χ4v) is 4.17. The number of carbonyl (C=O) groups is 3. The second-order valence-electron chi connectivity index (χ2n) is 7.02. The number of ketones is 1. The summed E-state index contributed by atoms with van der Waals surface area (Å²) >= 11 is 0. The smallest absolute Gasteiger partial charge is 0.343 e. The zero-order valence-corrected chi connectivity index (χ0v) is 15.7. The molecule has 1 unspecified atom stereocenters. The molecule has 0 N–H and O–H groups in total. The van der Waals surface area contributed by atoms with E-state index in [0.29, 0.717) is 29.0 Å². The van der Waals surface area contributed by atoms with Crippen LogP contribution in [0.3, 0.4) is 0 Å². The Morgan fingerprint density at radius 2 is 1.90 bits per heavy atom. The molecule has 0 amide bonds. The van der Waals surface area contributed by atoms with Crippen molar-refractivity contribution in [1.29, 1.82) is 0 Å². The number of carbonyl (C=O) groups excluding carboxylic acids is 3. The van der Waals surface area contributed by atoms with Crippen molar-refractivity contribution in [2.24, 2.45) is 0 Å². The van der Waals surface area contributed by atoms with Gasteiger partial charge in [0, 0.05) is 24.5 Å². The molecule has 2 aromatic rings. The fraction of sp³-hybridized carbons (Fsp3) is 0.286. The highest BCUT2D eigenvalue weighted by Gasteiger charge is 2.55. The zero-order valence-electron chi connectivity index (χ0n) is 15.7. The standard InChI is InChI=1S/C21H16O8/c1-10(22)28-18-14(25-2)4-3-13-17(18)20(24)29-21(13)6-5-11-7-15-16(27-9-26-15)8-12(11)19(21)23/h3-4,7-8H,5-6,9H2,1-2H3. The third-order valence-electron chi connectivity index (χ3n) is 5.45. The van der Waals surface area contributed by atoms with Gasteiger partial charge >= 0.3 is 11.9 Å². The molecule has 1 atom stereocenters. The summed E-state index contributed by atoms with van der Waals surface area (Å²) in [4.78, 5) is 37.9. The fourth-order valence-electron chi connectivity index (χ4n) is 4.17. The van der Waals surface area contributed by atoms with Crippen molar-refractivity contribution in [2.45, 2.75) is 25.4 Å². The van der Waals surface area contributed by atoms with Gasteiger partial charge in [0.15, 0.2) is 23.0 Å². The second-order valence-corrected chi connectivity index (χ2v) is 7.02. The van der Waals surface area contributed by atoms with E-state index >= 15 is 0 Å². The first-order valence-electron chi connectivity index (χ1n) is 9.05. The number of hydrogen-bond donors (Lipinski definition) is 0. The maximum absolute atomic E-state index is 13.5. The number of fused-ring (bicyclic) bond motifs is 4. The van der Waals surface area contributed by atoms with Crippen LogP contribution < -0.4 is 18.9 Å². The van der Waals surface area contributed by atoms with Crippen LogP contribution in [-0.2, 0) is 21.6 Å². The summed E-state index contributed by atoms with van der Waals surface area (Å²) in [5, 5.41) is 0. The van der Waals surface area contributed by atoms with Gasteiger partial charge in [0.05, 0.1) is 7.11 Å². The van der Waals surface area contributed by atoms with Crippen molar-refractivity contribution >= 4 is 17.7 Å². The number of ether oxygens (including phenoxy) is 5. The predicted molar refractivity (Wildman–Crippen MR) is 96.6 cm³/mol. The van der Waals surface area contributed by atoms with Crippen molar-refractivity contribution in [1.82, 2.24) is 0 Å². The minimum Gasteiger partial charge on any atom is -0.493 e. The summed E-state index contributed by atoms with van der Waals surface area (Å²) in [6, 6.07) is 6.59. The SMILES string of the molecule is COc1ccc2c(c1OC(C)=O)C(=O)OC21CCc2cc3c(cc2C1=O)OCO3. The largest absolute Gasteiger partial charge is 0.493 e. The van der Waals surface area contributed by atoms with Crippen molar-refractivity contribution in [2.75, 3.05) is 13.9 Å². The van der Waals surface area contributed by atoms with Gasteiger partial charge in [-0.1, -0.05) is 0 Å². The predicted octanol–water partition coefficient (Wildman–Crippen LogP) is 2.54. The Labute approximate surface area is 165 Å². The van der Waals surface area contributed by atoms with Crippen LogP contribution in [0.2, 0.25) is 0 Å². The summed E-state index contributed by atoms with van der Waals surface area (Å²) < 4.78 is 26.9. The molecule has 0 radical (unpaired) electrons. The molecule has 29 heavy (non-hydrogen) atoms. The molecular formula is C21H16O8. The van der Waals surface area contributed by atoms with E-state index < -0.39 is 17.5 Å². The number of aryl methyl sites for hydroxylation is 1. The summed E-state index contributed by atoms with van der Waals surface area (Å²) in [6.45, 7) is 1.32. The summed E-state index contributed by atoms with van der Waals surface area (Å²) in [5.41, 5.74) is 0.160. The molecule has 2 heterocycles. The van der Waals surface area contributed by atoms with E-state index in [1.165, 1.54) is 14.0 Å². The average Bonchev–Trinajstić information content (AvgIpc) is 3.26. The summed E-state index contributed by atoms with van der Waals surface area (Å²) in [7, 11) is 1.40. The Morgan fingerprint density at radius 1 is 1.14 bits per heavy atom. The Balaban J connectivity index is 1.67. The lowest BCUT2D eigenvalue weighted by Gasteiger charge is -2.32. The Kier molecular flexibility index (Phi) is 3.61. The number of Topliss-reactive ketones (excluding diaryl/α,β-unsaturated/α-hetero) is 1. The van der Waals surface area contributed by atoms with Gasteiger partial charge < -0.3 is 23.7 Å². The van der Waals surface area contributed by atoms with Crippen LogP contribution in [0.1, 0.15) is 45.2 Å². The Hall–Kier alpha value is -3.55. The van der Waals surface area contributed by atoms with Gasteiger partial charge in [-0.05, 0) is 36.2 Å². The Morgan fingerprint density at radius 3 is 2.62 bits per heavy atom. The van der Waals surface area contributed by atoms with Crippen molar-refractivity contribution in [3.63, 3.8) is 0 Å². The molecule has 1 aliphatic carbocycles. The monoisotopic (exact) mass is 396 g/mol. The second kappa shape index (κ2) is 5.97. The first-order chi connectivity index (χ1) is 13.9. The molecule has 3 aliphatic rings. The lowest BCUT2D eigenvalue weighted by molar-refractivity contribution is -0.132. The highest BCUT2D eigenvalue weighted by Crippen LogP contribution is 2.51. The first-order valence-corrected chi connectivity index (χ1v) is 9.05. The average molecular weight is 396 g/mol. The molecule has 8 nitrogen and oxygen atoms in total. The third kappa shape index (κ3) is 2.35. The van der Waals surface area contributed by atoms with Crippen molar-refractivity contribution < 1.29 is 38.1 Å². The minimum atomic E-state index is -1.48. The molecule has 148 valence electrons. The molecule has 0 saturated carbocycles. The van der Waals surface area contributed by atoms with Gasteiger partial charge in [-0.3, -0.25) is 9.59 Å². The minimum absolute atomic E-state index is 0.0383. The van der Waals surface area contributed by atoms with Gasteiger partial charge in [0.25, 0.3) is 0 Å². The van der Waals surface area contributed by atoms with E-state index in [4.69, 9.17) is 23.7 Å². The molecule has 5 rings (SSSR count). The molecule has 2 aliphatic heterocycles. The van der Waals surface area contributed by atoms with Crippen LogP contribution in [0.15, 0.2) is 24.3 Å². The molecular weight excluding hydrogens is 380 g/mol. The zero-order chi connectivity index (χ0) is 20.3. The molecule has 0 aromatic heterocycles. The third-order valence-corrected chi connectivity index (χ3v) is 5.45. The molecule has 0 bridgehead atoms. The first kappa shape index (κ1) is 17.5. The highest BCUT2D eigenvalue weighted by atomic mass is 16.7. The molecule has 0 saturated heterocycles. The van der Waals surface area contributed by atoms with Crippen LogP contribution in [0.5, 0.6) is 23.0 Å². The molecule has 8 heteroatoms.